The van der Waals surface area contributed by atoms with Crippen molar-refractivity contribution in [1.29, 1.82) is 0 Å². The summed E-state index contributed by atoms with van der Waals surface area (Å²) in [5, 5.41) is 1.81. The van der Waals surface area contributed by atoms with E-state index in [0.717, 1.165) is 0 Å². The topological polar surface area (TPSA) is 136 Å². The zero-order valence-electron chi connectivity index (χ0n) is 4.50. The van der Waals surface area contributed by atoms with Crippen molar-refractivity contribution in [3.8, 4) is 0 Å². The third kappa shape index (κ3) is 7.38. The van der Waals surface area contributed by atoms with Gasteiger partial charge in [-0.1, -0.05) is 0 Å². The van der Waals surface area contributed by atoms with Crippen molar-refractivity contribution in [2.45, 2.75) is 0 Å². The fraction of sp³-hybridized carbons (Fsp3) is 0. The molecule has 0 aliphatic rings. The quantitative estimate of drug-likeness (QED) is 0.235. The lowest BCUT2D eigenvalue weighted by Crippen LogP contribution is -2.42. The first-order valence-corrected chi connectivity index (χ1v) is 3.76. The minimum absolute atomic E-state index is 0.897. The van der Waals surface area contributed by atoms with Gasteiger partial charge in [-0.05, 0) is 0 Å². The summed E-state index contributed by atoms with van der Waals surface area (Å²) < 4.78 is 10.3. The molecule has 0 aromatic rings. The maximum absolute atomic E-state index is 10.3. The number of hydrogen-bond acceptors (Lipinski definition) is 2. The van der Waals surface area contributed by atoms with E-state index in [9.17, 15) is 9.36 Å². The van der Waals surface area contributed by atoms with Crippen LogP contribution in [0.3, 0.4) is 0 Å². The molecule has 54 valence electrons. The van der Waals surface area contributed by atoms with E-state index < -0.39 is 13.6 Å². The molecule has 8 heteroatoms. The first-order valence-electron chi connectivity index (χ1n) is 1.92. The molecule has 0 heterocycles. The molecular formula is CH8N5O2P. The van der Waals surface area contributed by atoms with Gasteiger partial charge in [-0.3, -0.25) is 21.0 Å². The van der Waals surface area contributed by atoms with E-state index in [1.54, 1.807) is 5.43 Å². The molecule has 9 heavy (non-hydrogen) atoms. The highest BCUT2D eigenvalue weighted by Crippen LogP contribution is 2.14. The van der Waals surface area contributed by atoms with E-state index in [2.05, 4.69) is 5.73 Å². The highest BCUT2D eigenvalue weighted by atomic mass is 31.2. The van der Waals surface area contributed by atoms with Crippen LogP contribution < -0.4 is 27.4 Å². The number of primary amides is 1. The number of carbonyl (C=O) groups is 1. The van der Waals surface area contributed by atoms with Gasteiger partial charge < -0.3 is 5.73 Å². The Balaban J connectivity index is 3.53. The van der Waals surface area contributed by atoms with Crippen LogP contribution in [0.2, 0.25) is 0 Å². The molecule has 0 spiro atoms. The lowest BCUT2D eigenvalue weighted by molar-refractivity contribution is 0.247. The lowest BCUT2D eigenvalue weighted by atomic mass is 11.2. The summed E-state index contributed by atoms with van der Waals surface area (Å²) in [7, 11) is -3.38. The zero-order chi connectivity index (χ0) is 7.49. The van der Waals surface area contributed by atoms with Gasteiger partial charge in [0.15, 0.2) is 0 Å². The number of nitrogens with one attached hydrogen (secondary N) is 2. The Morgan fingerprint density at radius 1 is 1.44 bits per heavy atom. The minimum atomic E-state index is -3.38. The van der Waals surface area contributed by atoms with E-state index in [4.69, 9.17) is 11.0 Å². The molecule has 0 bridgehead atoms. The number of urea groups is 1. The molecule has 0 fully saturated rings. The van der Waals surface area contributed by atoms with E-state index in [-0.39, 0.29) is 0 Å². The summed E-state index contributed by atoms with van der Waals surface area (Å²) in [6.45, 7) is 0. The van der Waals surface area contributed by atoms with Crippen LogP contribution in [0.4, 0.5) is 4.79 Å². The monoisotopic (exact) mass is 153 g/mol. The van der Waals surface area contributed by atoms with Gasteiger partial charge >= 0.3 is 6.03 Å². The molecule has 0 aromatic carbocycles. The Hall–Kier alpha value is -0.620. The van der Waals surface area contributed by atoms with Crippen LogP contribution in [-0.2, 0) is 4.57 Å². The Morgan fingerprint density at radius 3 is 2.00 bits per heavy atom. The van der Waals surface area contributed by atoms with Gasteiger partial charge in [0.05, 0.1) is 0 Å². The minimum Gasteiger partial charge on any atom is -0.351 e. The molecule has 2 amide bonds. The van der Waals surface area contributed by atoms with Crippen LogP contribution in [0.15, 0.2) is 0 Å². The highest BCUT2D eigenvalue weighted by molar-refractivity contribution is 7.56. The second-order valence-corrected chi connectivity index (χ2v) is 2.95. The Labute approximate surface area is 51.4 Å². The van der Waals surface area contributed by atoms with Crippen LogP contribution in [0.5, 0.6) is 0 Å². The number of hydrogen-bond donors (Lipinski definition) is 5. The normalized spacial score (nSPS) is 10.9. The van der Waals surface area contributed by atoms with Crippen molar-refractivity contribution < 1.29 is 9.36 Å². The molecule has 0 atom stereocenters. The molecule has 0 saturated heterocycles. The van der Waals surface area contributed by atoms with Gasteiger partial charge in [0.25, 0.3) is 7.59 Å². The van der Waals surface area contributed by atoms with Crippen LogP contribution in [0.1, 0.15) is 0 Å². The average Bonchev–Trinajstić information content (AvgIpc) is 1.59. The number of carbonyl (C=O) groups excluding carboxylic acids is 1. The standard InChI is InChI=1S/CH8N5O2P/c2-1(7)5-6-9(3,4)8/h(H3,2,5,7)(H5,3,4,6,8). The zero-order valence-corrected chi connectivity index (χ0v) is 5.39. The number of amides is 2. The second-order valence-electron chi connectivity index (χ2n) is 1.31. The smallest absolute Gasteiger partial charge is 0.326 e. The van der Waals surface area contributed by atoms with Crippen LogP contribution in [0.25, 0.3) is 0 Å². The summed E-state index contributed by atoms with van der Waals surface area (Å²) in [5.41, 5.74) is 15.8. The SMILES string of the molecule is NC(=O)NNP(N)(N)=O. The van der Waals surface area contributed by atoms with Crippen molar-refractivity contribution in [1.82, 2.24) is 10.6 Å². The van der Waals surface area contributed by atoms with Crippen molar-refractivity contribution in [2.75, 3.05) is 0 Å². The third-order valence-corrected chi connectivity index (χ3v) is 0.815. The molecule has 0 unspecified atom stereocenters. The fourth-order valence-electron chi connectivity index (χ4n) is 0.142. The van der Waals surface area contributed by atoms with Gasteiger partial charge in [0.2, 0.25) is 0 Å². The maximum atomic E-state index is 10.3. The van der Waals surface area contributed by atoms with Gasteiger partial charge in [0, 0.05) is 0 Å². The molecule has 0 saturated carbocycles. The van der Waals surface area contributed by atoms with E-state index in [0.29, 0.717) is 0 Å². The van der Waals surface area contributed by atoms with E-state index in [1.807, 2.05) is 5.20 Å². The lowest BCUT2D eigenvalue weighted by Gasteiger charge is -2.06. The first kappa shape index (κ1) is 8.38. The number of rotatable bonds is 2. The molecule has 0 aliphatic carbocycles. The van der Waals surface area contributed by atoms with Gasteiger partial charge in [-0.15, -0.1) is 0 Å². The Morgan fingerprint density at radius 2 is 1.89 bits per heavy atom. The van der Waals surface area contributed by atoms with Crippen LogP contribution >= 0.6 is 7.59 Å². The Bertz CT molecular complexity index is 149. The predicted octanol–water partition coefficient (Wildman–Crippen LogP) is -1.82. The highest BCUT2D eigenvalue weighted by Gasteiger charge is 2.05. The van der Waals surface area contributed by atoms with Gasteiger partial charge in [-0.2, -0.15) is 5.20 Å². The molecule has 0 aliphatic heterocycles. The molecule has 0 aromatic heterocycles. The summed E-state index contributed by atoms with van der Waals surface area (Å²) in [6.07, 6.45) is 0. The summed E-state index contributed by atoms with van der Waals surface area (Å²) in [4.78, 5) is 9.86. The predicted molar refractivity (Wildman–Crippen MR) is 31.8 cm³/mol. The molecule has 8 N–H and O–H groups in total. The molecular weight excluding hydrogens is 145 g/mol. The van der Waals surface area contributed by atoms with Crippen LogP contribution in [-0.4, -0.2) is 6.03 Å². The van der Waals surface area contributed by atoms with Gasteiger partial charge in [0.1, 0.15) is 0 Å². The number of hydrazine groups is 1. The van der Waals surface area contributed by atoms with Crippen molar-refractivity contribution in [2.24, 2.45) is 16.7 Å². The van der Waals surface area contributed by atoms with Gasteiger partial charge in [-0.25, -0.2) is 4.79 Å². The molecule has 0 rings (SSSR count). The number of nitrogens with two attached hydrogens (primary N) is 3. The third-order valence-electron chi connectivity index (χ3n) is 0.354. The van der Waals surface area contributed by atoms with E-state index in [1.165, 1.54) is 0 Å². The fourth-order valence-corrected chi connectivity index (χ4v) is 0.427. The van der Waals surface area contributed by atoms with Crippen molar-refractivity contribution >= 4 is 13.6 Å². The average molecular weight is 153 g/mol. The molecule has 0 radical (unpaired) electrons. The summed E-state index contributed by atoms with van der Waals surface area (Å²) in [5.74, 6) is 0. The summed E-state index contributed by atoms with van der Waals surface area (Å²) >= 11 is 0. The van der Waals surface area contributed by atoms with Crippen molar-refractivity contribution in [3.05, 3.63) is 0 Å². The Kier molecular flexibility index (Phi) is 2.60. The summed E-state index contributed by atoms with van der Waals surface area (Å²) in [6, 6.07) is -0.897. The van der Waals surface area contributed by atoms with Crippen molar-refractivity contribution in [3.63, 3.8) is 0 Å². The largest absolute Gasteiger partial charge is 0.351 e. The molecule has 7 nitrogen and oxygen atoms in total. The van der Waals surface area contributed by atoms with E-state index >= 15 is 0 Å². The first-order chi connectivity index (χ1) is 3.92. The maximum Gasteiger partial charge on any atom is 0.326 e. The second kappa shape index (κ2) is 2.79. The van der Waals surface area contributed by atoms with Crippen LogP contribution in [0, 0.1) is 0 Å².